The molecule has 4 rings (SSSR count). The number of thiophene rings is 1. The largest absolute Gasteiger partial charge is 0.352 e. The Labute approximate surface area is 142 Å². The highest BCUT2D eigenvalue weighted by molar-refractivity contribution is 8.00. The summed E-state index contributed by atoms with van der Waals surface area (Å²) in [6.45, 7) is 0.678. The van der Waals surface area contributed by atoms with E-state index in [2.05, 4.69) is 22.1 Å². The molecule has 23 heavy (non-hydrogen) atoms. The highest BCUT2D eigenvalue weighted by atomic mass is 32.2. The second-order valence-electron chi connectivity index (χ2n) is 5.67. The molecule has 2 aliphatic rings. The molecule has 6 heteroatoms. The van der Waals surface area contributed by atoms with Crippen LogP contribution in [0.4, 0.5) is 5.69 Å². The van der Waals surface area contributed by atoms with Crippen LogP contribution in [0.5, 0.6) is 0 Å². The molecule has 1 atom stereocenters. The van der Waals surface area contributed by atoms with Gasteiger partial charge >= 0.3 is 0 Å². The molecule has 0 saturated heterocycles. The van der Waals surface area contributed by atoms with Gasteiger partial charge in [-0.3, -0.25) is 9.59 Å². The summed E-state index contributed by atoms with van der Waals surface area (Å²) < 4.78 is 0. The van der Waals surface area contributed by atoms with Crippen LogP contribution in [0.1, 0.15) is 31.6 Å². The number of benzene rings is 1. The molecular formula is C17H16N2O2S2. The van der Waals surface area contributed by atoms with Crippen molar-refractivity contribution in [2.24, 2.45) is 0 Å². The highest BCUT2D eigenvalue weighted by Gasteiger charge is 2.28. The third-order valence-electron chi connectivity index (χ3n) is 4.22. The smallest absolute Gasteiger partial charge is 0.251 e. The Kier molecular flexibility index (Phi) is 3.87. The number of hydrogen-bond donors (Lipinski definition) is 2. The van der Waals surface area contributed by atoms with E-state index in [9.17, 15) is 9.59 Å². The van der Waals surface area contributed by atoms with E-state index in [-0.39, 0.29) is 17.1 Å². The molecule has 0 radical (unpaired) electrons. The molecule has 2 N–H and O–H groups in total. The SMILES string of the molecule is O=C1NCCc2ccc(NC(=O)C3SCCc4sccc43)cc21. The summed E-state index contributed by atoms with van der Waals surface area (Å²) in [6, 6.07) is 7.66. The molecule has 2 aromatic rings. The first-order valence-electron chi connectivity index (χ1n) is 7.62. The molecule has 3 heterocycles. The predicted molar refractivity (Wildman–Crippen MR) is 94.3 cm³/mol. The minimum absolute atomic E-state index is 0.00878. The maximum atomic E-state index is 12.6. The zero-order chi connectivity index (χ0) is 15.8. The monoisotopic (exact) mass is 344 g/mol. The van der Waals surface area contributed by atoms with Gasteiger partial charge < -0.3 is 10.6 Å². The number of amides is 2. The van der Waals surface area contributed by atoms with Crippen LogP contribution in [-0.4, -0.2) is 24.1 Å². The lowest BCUT2D eigenvalue weighted by Crippen LogP contribution is -2.32. The van der Waals surface area contributed by atoms with Crippen molar-refractivity contribution in [2.75, 3.05) is 17.6 Å². The Balaban J connectivity index is 1.56. The number of nitrogens with one attached hydrogen (secondary N) is 2. The molecule has 0 spiro atoms. The second-order valence-corrected chi connectivity index (χ2v) is 7.88. The molecule has 0 fully saturated rings. The van der Waals surface area contributed by atoms with Crippen molar-refractivity contribution in [3.63, 3.8) is 0 Å². The Hall–Kier alpha value is -1.79. The van der Waals surface area contributed by atoms with Gasteiger partial charge in [0.1, 0.15) is 5.25 Å². The standard InChI is InChI=1S/C17H16N2O2S2/c20-16-13-9-11(2-1-10(13)3-6-18-16)19-17(21)15-12-4-7-22-14(12)5-8-23-15/h1-2,4,7,9,15H,3,5-6,8H2,(H,18,20)(H,19,21). The molecule has 1 aromatic heterocycles. The summed E-state index contributed by atoms with van der Waals surface area (Å²) in [5, 5.41) is 7.71. The minimum atomic E-state index is -0.158. The van der Waals surface area contributed by atoms with E-state index in [0.717, 1.165) is 29.7 Å². The van der Waals surface area contributed by atoms with E-state index in [1.54, 1.807) is 29.2 Å². The van der Waals surface area contributed by atoms with E-state index in [0.29, 0.717) is 17.8 Å². The predicted octanol–water partition coefficient (Wildman–Crippen LogP) is 3.00. The fraction of sp³-hybridized carbons (Fsp3) is 0.294. The van der Waals surface area contributed by atoms with Gasteiger partial charge in [-0.1, -0.05) is 6.07 Å². The van der Waals surface area contributed by atoms with Gasteiger partial charge in [0.2, 0.25) is 5.91 Å². The van der Waals surface area contributed by atoms with Gasteiger partial charge in [-0.05, 0) is 53.3 Å². The fourth-order valence-corrected chi connectivity index (χ4v) is 5.35. The van der Waals surface area contributed by atoms with Crippen molar-refractivity contribution in [1.29, 1.82) is 0 Å². The van der Waals surface area contributed by atoms with Gasteiger partial charge in [-0.25, -0.2) is 0 Å². The second kappa shape index (κ2) is 6.02. The van der Waals surface area contributed by atoms with Crippen LogP contribution in [0, 0.1) is 0 Å². The molecule has 4 nitrogen and oxygen atoms in total. The number of rotatable bonds is 2. The van der Waals surface area contributed by atoms with Crippen LogP contribution in [0.2, 0.25) is 0 Å². The van der Waals surface area contributed by atoms with Gasteiger partial charge in [0.25, 0.3) is 5.91 Å². The van der Waals surface area contributed by atoms with E-state index in [4.69, 9.17) is 0 Å². The van der Waals surface area contributed by atoms with Crippen LogP contribution >= 0.6 is 23.1 Å². The summed E-state index contributed by atoms with van der Waals surface area (Å²) >= 11 is 3.41. The average Bonchev–Trinajstić information content (AvgIpc) is 3.04. The molecular weight excluding hydrogens is 328 g/mol. The topological polar surface area (TPSA) is 58.2 Å². The van der Waals surface area contributed by atoms with Gasteiger partial charge in [-0.15, -0.1) is 23.1 Å². The summed E-state index contributed by atoms with van der Waals surface area (Å²) in [6.07, 6.45) is 1.88. The van der Waals surface area contributed by atoms with Crippen LogP contribution in [-0.2, 0) is 17.6 Å². The van der Waals surface area contributed by atoms with E-state index >= 15 is 0 Å². The van der Waals surface area contributed by atoms with Crippen LogP contribution < -0.4 is 10.6 Å². The zero-order valence-electron chi connectivity index (χ0n) is 12.4. The lowest BCUT2D eigenvalue weighted by atomic mass is 9.99. The third-order valence-corrected chi connectivity index (χ3v) is 6.45. The summed E-state index contributed by atoms with van der Waals surface area (Å²) in [5.41, 5.74) is 3.54. The van der Waals surface area contributed by atoms with Gasteiger partial charge in [-0.2, -0.15) is 0 Å². The quantitative estimate of drug-likeness (QED) is 0.880. The van der Waals surface area contributed by atoms with Crippen molar-refractivity contribution in [3.05, 3.63) is 51.2 Å². The molecule has 118 valence electrons. The fourth-order valence-electron chi connectivity index (χ4n) is 3.06. The first kappa shape index (κ1) is 14.8. The number of aryl methyl sites for hydroxylation is 1. The number of anilines is 1. The number of carbonyl (C=O) groups is 2. The highest BCUT2D eigenvalue weighted by Crippen LogP contribution is 2.40. The third kappa shape index (κ3) is 2.77. The van der Waals surface area contributed by atoms with E-state index in [1.165, 1.54) is 4.88 Å². The van der Waals surface area contributed by atoms with Crippen LogP contribution in [0.15, 0.2) is 29.6 Å². The van der Waals surface area contributed by atoms with Gasteiger partial charge in [0.15, 0.2) is 0 Å². The zero-order valence-corrected chi connectivity index (χ0v) is 14.1. The Morgan fingerprint density at radius 3 is 3.09 bits per heavy atom. The molecule has 0 aliphatic carbocycles. The normalized spacial score (nSPS) is 19.5. The summed E-state index contributed by atoms with van der Waals surface area (Å²) in [4.78, 5) is 25.9. The minimum Gasteiger partial charge on any atom is -0.352 e. The first-order valence-corrected chi connectivity index (χ1v) is 9.55. The average molecular weight is 344 g/mol. The first-order chi connectivity index (χ1) is 11.2. The lowest BCUT2D eigenvalue weighted by Gasteiger charge is -2.22. The van der Waals surface area contributed by atoms with Crippen molar-refractivity contribution in [2.45, 2.75) is 18.1 Å². The molecule has 0 saturated carbocycles. The van der Waals surface area contributed by atoms with Crippen molar-refractivity contribution < 1.29 is 9.59 Å². The van der Waals surface area contributed by atoms with E-state index in [1.807, 2.05) is 12.1 Å². The number of hydrogen-bond acceptors (Lipinski definition) is 4. The van der Waals surface area contributed by atoms with Gasteiger partial charge in [0, 0.05) is 22.7 Å². The number of fused-ring (bicyclic) bond motifs is 2. The van der Waals surface area contributed by atoms with Crippen molar-refractivity contribution in [1.82, 2.24) is 5.32 Å². The van der Waals surface area contributed by atoms with Crippen LogP contribution in [0.3, 0.4) is 0 Å². The maximum absolute atomic E-state index is 12.6. The molecule has 0 bridgehead atoms. The lowest BCUT2D eigenvalue weighted by molar-refractivity contribution is -0.115. The summed E-state index contributed by atoms with van der Waals surface area (Å²) in [7, 11) is 0. The van der Waals surface area contributed by atoms with Crippen molar-refractivity contribution in [3.8, 4) is 0 Å². The van der Waals surface area contributed by atoms with E-state index < -0.39 is 0 Å². The molecule has 2 amide bonds. The maximum Gasteiger partial charge on any atom is 0.251 e. The van der Waals surface area contributed by atoms with Crippen molar-refractivity contribution >= 4 is 40.6 Å². The Morgan fingerprint density at radius 2 is 2.17 bits per heavy atom. The molecule has 1 aromatic carbocycles. The van der Waals surface area contributed by atoms with Gasteiger partial charge in [0.05, 0.1) is 0 Å². The molecule has 1 unspecified atom stereocenters. The summed E-state index contributed by atoms with van der Waals surface area (Å²) in [5.74, 6) is 0.901. The Bertz CT molecular complexity index is 785. The molecule has 2 aliphatic heterocycles. The number of thioether (sulfide) groups is 1. The number of carbonyl (C=O) groups excluding carboxylic acids is 2. The Morgan fingerprint density at radius 1 is 1.26 bits per heavy atom. The van der Waals surface area contributed by atoms with Crippen LogP contribution in [0.25, 0.3) is 0 Å².